The van der Waals surface area contributed by atoms with Gasteiger partial charge in [0.1, 0.15) is 0 Å². The Labute approximate surface area is 102 Å². The Kier molecular flexibility index (Phi) is 8.90. The van der Waals surface area contributed by atoms with Crippen LogP contribution in [-0.4, -0.2) is 50.3 Å². The minimum absolute atomic E-state index is 0.495. The maximum Gasteiger partial charge on any atom is 0.0615 e. The van der Waals surface area contributed by atoms with Gasteiger partial charge < -0.3 is 10.1 Å². The van der Waals surface area contributed by atoms with E-state index in [4.69, 9.17) is 4.74 Å². The first-order chi connectivity index (χ1) is 7.56. The zero-order valence-corrected chi connectivity index (χ0v) is 11.9. The summed E-state index contributed by atoms with van der Waals surface area (Å²) in [5.74, 6) is 0.670. The first kappa shape index (κ1) is 15.9. The normalized spacial score (nSPS) is 15.8. The van der Waals surface area contributed by atoms with Gasteiger partial charge in [-0.15, -0.1) is 0 Å². The van der Waals surface area contributed by atoms with Crippen molar-refractivity contribution in [2.45, 2.75) is 46.7 Å². The molecule has 0 aromatic carbocycles. The molecule has 0 rings (SSSR count). The van der Waals surface area contributed by atoms with Crippen LogP contribution in [0.5, 0.6) is 0 Å². The summed E-state index contributed by atoms with van der Waals surface area (Å²) in [6.07, 6.45) is 0. The standard InChI is InChI=1S/C13H30N2O/c1-7-14-13(11(3)4)9-15(8-2)12(5)10-16-6/h11-14H,7-10H2,1-6H3. The van der Waals surface area contributed by atoms with Gasteiger partial charge in [-0.2, -0.15) is 0 Å². The van der Waals surface area contributed by atoms with Crippen LogP contribution in [0.15, 0.2) is 0 Å². The van der Waals surface area contributed by atoms with Crippen molar-refractivity contribution >= 4 is 0 Å². The van der Waals surface area contributed by atoms with Gasteiger partial charge in [-0.25, -0.2) is 0 Å². The lowest BCUT2D eigenvalue weighted by atomic mass is 10.0. The number of nitrogens with zero attached hydrogens (tertiary/aromatic N) is 1. The molecule has 0 aromatic rings. The van der Waals surface area contributed by atoms with E-state index in [0.29, 0.717) is 18.0 Å². The summed E-state index contributed by atoms with van der Waals surface area (Å²) in [5, 5.41) is 3.56. The second kappa shape index (κ2) is 8.97. The highest BCUT2D eigenvalue weighted by Gasteiger charge is 2.19. The predicted molar refractivity (Wildman–Crippen MR) is 70.9 cm³/mol. The van der Waals surface area contributed by atoms with Crippen molar-refractivity contribution in [1.29, 1.82) is 0 Å². The highest BCUT2D eigenvalue weighted by molar-refractivity contribution is 4.77. The maximum atomic E-state index is 5.23. The lowest BCUT2D eigenvalue weighted by Gasteiger charge is -2.33. The van der Waals surface area contributed by atoms with E-state index >= 15 is 0 Å². The Balaban J connectivity index is 4.24. The molecule has 0 bridgehead atoms. The third-order valence-corrected chi connectivity index (χ3v) is 3.14. The van der Waals surface area contributed by atoms with Gasteiger partial charge >= 0.3 is 0 Å². The fourth-order valence-corrected chi connectivity index (χ4v) is 1.99. The van der Waals surface area contributed by atoms with Crippen LogP contribution in [0.25, 0.3) is 0 Å². The number of hydrogen-bond acceptors (Lipinski definition) is 3. The number of methoxy groups -OCH3 is 1. The van der Waals surface area contributed by atoms with Crippen molar-refractivity contribution < 1.29 is 4.74 Å². The van der Waals surface area contributed by atoms with Crippen molar-refractivity contribution in [3.63, 3.8) is 0 Å². The summed E-state index contributed by atoms with van der Waals surface area (Å²) >= 11 is 0. The molecular weight excluding hydrogens is 200 g/mol. The van der Waals surface area contributed by atoms with Crippen LogP contribution in [0.3, 0.4) is 0 Å². The maximum absolute atomic E-state index is 5.23. The molecule has 0 amide bonds. The summed E-state index contributed by atoms with van der Waals surface area (Å²) in [6, 6.07) is 1.07. The number of ether oxygens (including phenoxy) is 1. The van der Waals surface area contributed by atoms with E-state index in [1.54, 1.807) is 7.11 Å². The van der Waals surface area contributed by atoms with E-state index in [1.807, 2.05) is 0 Å². The molecule has 0 aliphatic heterocycles. The van der Waals surface area contributed by atoms with Crippen LogP contribution in [-0.2, 0) is 4.74 Å². The minimum atomic E-state index is 0.495. The molecular formula is C13H30N2O. The van der Waals surface area contributed by atoms with E-state index in [9.17, 15) is 0 Å². The summed E-state index contributed by atoms with van der Waals surface area (Å²) in [4.78, 5) is 2.48. The zero-order chi connectivity index (χ0) is 12.6. The second-order valence-corrected chi connectivity index (χ2v) is 4.80. The first-order valence-electron chi connectivity index (χ1n) is 6.53. The molecule has 16 heavy (non-hydrogen) atoms. The molecule has 0 aliphatic rings. The Morgan fingerprint density at radius 2 is 1.81 bits per heavy atom. The third kappa shape index (κ3) is 5.83. The number of hydrogen-bond donors (Lipinski definition) is 1. The summed E-state index contributed by atoms with van der Waals surface area (Å²) in [7, 11) is 1.77. The number of rotatable bonds is 9. The largest absolute Gasteiger partial charge is 0.383 e. The van der Waals surface area contributed by atoms with Crippen molar-refractivity contribution in [3.05, 3.63) is 0 Å². The molecule has 0 radical (unpaired) electrons. The van der Waals surface area contributed by atoms with E-state index < -0.39 is 0 Å². The van der Waals surface area contributed by atoms with Gasteiger partial charge in [0.05, 0.1) is 6.61 Å². The highest BCUT2D eigenvalue weighted by atomic mass is 16.5. The van der Waals surface area contributed by atoms with Crippen LogP contribution in [0.1, 0.15) is 34.6 Å². The molecule has 0 aliphatic carbocycles. The average Bonchev–Trinajstić information content (AvgIpc) is 2.24. The van der Waals surface area contributed by atoms with Crippen LogP contribution in [0.4, 0.5) is 0 Å². The zero-order valence-electron chi connectivity index (χ0n) is 11.9. The minimum Gasteiger partial charge on any atom is -0.383 e. The third-order valence-electron chi connectivity index (χ3n) is 3.14. The van der Waals surface area contributed by atoms with Crippen LogP contribution < -0.4 is 5.32 Å². The SMILES string of the molecule is CCNC(CN(CC)C(C)COC)C(C)C. The van der Waals surface area contributed by atoms with Crippen molar-refractivity contribution in [2.75, 3.05) is 33.4 Å². The molecule has 1 N–H and O–H groups in total. The van der Waals surface area contributed by atoms with Gasteiger partial charge in [0.15, 0.2) is 0 Å². The van der Waals surface area contributed by atoms with E-state index in [0.717, 1.165) is 26.2 Å². The Morgan fingerprint density at radius 1 is 1.19 bits per heavy atom. The monoisotopic (exact) mass is 230 g/mol. The van der Waals surface area contributed by atoms with Gasteiger partial charge in [-0.3, -0.25) is 4.90 Å². The second-order valence-electron chi connectivity index (χ2n) is 4.80. The summed E-state index contributed by atoms with van der Waals surface area (Å²) in [6.45, 7) is 15.2. The Hall–Kier alpha value is -0.120. The lowest BCUT2D eigenvalue weighted by molar-refractivity contribution is 0.0912. The molecule has 3 nitrogen and oxygen atoms in total. The molecule has 0 saturated carbocycles. The fraction of sp³-hybridized carbons (Fsp3) is 1.00. The molecule has 98 valence electrons. The molecule has 2 atom stereocenters. The van der Waals surface area contributed by atoms with Gasteiger partial charge in [0.2, 0.25) is 0 Å². The predicted octanol–water partition coefficient (Wildman–Crippen LogP) is 1.98. The lowest BCUT2D eigenvalue weighted by Crippen LogP contribution is -2.48. The number of likely N-dealkylation sites (N-methyl/N-ethyl adjacent to an activating group) is 2. The van der Waals surface area contributed by atoms with E-state index in [-0.39, 0.29) is 0 Å². The van der Waals surface area contributed by atoms with Gasteiger partial charge in [-0.1, -0.05) is 27.7 Å². The topological polar surface area (TPSA) is 24.5 Å². The van der Waals surface area contributed by atoms with Crippen LogP contribution in [0.2, 0.25) is 0 Å². The summed E-state index contributed by atoms with van der Waals surface area (Å²) in [5.41, 5.74) is 0. The Morgan fingerprint density at radius 3 is 2.19 bits per heavy atom. The van der Waals surface area contributed by atoms with Crippen LogP contribution >= 0.6 is 0 Å². The van der Waals surface area contributed by atoms with Crippen molar-refractivity contribution in [2.24, 2.45) is 5.92 Å². The van der Waals surface area contributed by atoms with E-state index in [1.165, 1.54) is 0 Å². The molecule has 3 heteroatoms. The fourth-order valence-electron chi connectivity index (χ4n) is 1.99. The van der Waals surface area contributed by atoms with E-state index in [2.05, 4.69) is 44.8 Å². The Bertz CT molecular complexity index is 162. The van der Waals surface area contributed by atoms with Crippen molar-refractivity contribution in [1.82, 2.24) is 10.2 Å². The highest BCUT2D eigenvalue weighted by Crippen LogP contribution is 2.07. The molecule has 0 saturated heterocycles. The average molecular weight is 230 g/mol. The summed E-state index contributed by atoms with van der Waals surface area (Å²) < 4.78 is 5.23. The van der Waals surface area contributed by atoms with Crippen molar-refractivity contribution in [3.8, 4) is 0 Å². The molecule has 0 spiro atoms. The molecule has 0 aromatic heterocycles. The molecule has 0 fully saturated rings. The van der Waals surface area contributed by atoms with Gasteiger partial charge in [0.25, 0.3) is 0 Å². The van der Waals surface area contributed by atoms with Gasteiger partial charge in [0, 0.05) is 25.7 Å². The molecule has 0 heterocycles. The molecule has 2 unspecified atom stereocenters. The number of nitrogens with one attached hydrogen (secondary N) is 1. The van der Waals surface area contributed by atoms with Gasteiger partial charge in [-0.05, 0) is 25.9 Å². The quantitative estimate of drug-likeness (QED) is 0.655. The first-order valence-corrected chi connectivity index (χ1v) is 6.53. The smallest absolute Gasteiger partial charge is 0.0615 e. The van der Waals surface area contributed by atoms with Crippen LogP contribution in [0, 0.1) is 5.92 Å².